The van der Waals surface area contributed by atoms with E-state index < -0.39 is 5.54 Å². The van der Waals surface area contributed by atoms with E-state index in [-0.39, 0.29) is 48.9 Å². The summed E-state index contributed by atoms with van der Waals surface area (Å²) in [6.07, 6.45) is 0.558. The first-order chi connectivity index (χ1) is 20.2. The lowest BCUT2D eigenvalue weighted by atomic mass is 9.95. The van der Waals surface area contributed by atoms with Crippen LogP contribution < -0.4 is 9.47 Å². The summed E-state index contributed by atoms with van der Waals surface area (Å²) in [5.74, 6) is 0.692. The van der Waals surface area contributed by atoms with Crippen molar-refractivity contribution in [1.82, 2.24) is 9.80 Å². The number of para-hydroxylation sites is 1. The summed E-state index contributed by atoms with van der Waals surface area (Å²) in [6.45, 7) is 22.0. The second-order valence-electron chi connectivity index (χ2n) is 13.1. The van der Waals surface area contributed by atoms with Gasteiger partial charge in [0.2, 0.25) is 0 Å². The molecular weight excluding hydrogens is 544 g/mol. The third kappa shape index (κ3) is 7.66. The fourth-order valence-electron chi connectivity index (χ4n) is 6.25. The van der Waals surface area contributed by atoms with Gasteiger partial charge in [-0.3, -0.25) is 14.6 Å². The third-order valence-electron chi connectivity index (χ3n) is 9.12. The van der Waals surface area contributed by atoms with Gasteiger partial charge < -0.3 is 18.9 Å². The molecule has 2 aliphatic rings. The van der Waals surface area contributed by atoms with Gasteiger partial charge >= 0.3 is 11.9 Å². The standard InChI is InChI=1S/C35H50N2O6/c1-21-12-11-13-22(2)32(21)43-34(39)35(9,10)37-18-25(5)41-30(19-37)16-29-15-14-23(3)33(26(29)6)42-31(38)20-36-17-24(4)40-28(8)27(36)7/h11-15,24-25,27-28,30H,16-20H2,1-10H3. The summed E-state index contributed by atoms with van der Waals surface area (Å²) in [5.41, 5.74) is 3.94. The Morgan fingerprint density at radius 1 is 0.837 bits per heavy atom. The van der Waals surface area contributed by atoms with Crippen molar-refractivity contribution in [3.8, 4) is 11.5 Å². The Balaban J connectivity index is 1.45. The Bertz CT molecular complexity index is 1300. The molecule has 2 heterocycles. The van der Waals surface area contributed by atoms with E-state index in [0.717, 1.165) is 27.8 Å². The quantitative estimate of drug-likeness (QED) is 0.300. The summed E-state index contributed by atoms with van der Waals surface area (Å²) in [6, 6.07) is 10.1. The van der Waals surface area contributed by atoms with Crippen molar-refractivity contribution in [2.24, 2.45) is 0 Å². The average Bonchev–Trinajstić information content (AvgIpc) is 2.92. The molecule has 0 bridgehead atoms. The molecule has 236 valence electrons. The van der Waals surface area contributed by atoms with E-state index in [4.69, 9.17) is 18.9 Å². The predicted molar refractivity (Wildman–Crippen MR) is 168 cm³/mol. The number of benzene rings is 2. The van der Waals surface area contributed by atoms with Crippen molar-refractivity contribution in [2.75, 3.05) is 26.2 Å². The molecule has 0 radical (unpaired) electrons. The number of aryl methyl sites for hydroxylation is 3. The molecule has 2 aromatic carbocycles. The molecule has 2 aliphatic heterocycles. The van der Waals surface area contributed by atoms with Crippen molar-refractivity contribution in [3.05, 3.63) is 58.1 Å². The zero-order valence-corrected chi connectivity index (χ0v) is 27.7. The van der Waals surface area contributed by atoms with Gasteiger partial charge in [-0.25, -0.2) is 4.79 Å². The number of nitrogens with zero attached hydrogens (tertiary/aromatic N) is 2. The van der Waals surface area contributed by atoms with Gasteiger partial charge in [-0.05, 0) is 97.1 Å². The van der Waals surface area contributed by atoms with E-state index in [0.29, 0.717) is 37.6 Å². The smallest absolute Gasteiger partial charge is 0.331 e. The van der Waals surface area contributed by atoms with Crippen LogP contribution in [0.5, 0.6) is 11.5 Å². The number of carbonyl (C=O) groups is 2. The summed E-state index contributed by atoms with van der Waals surface area (Å²) in [4.78, 5) is 30.9. The number of carbonyl (C=O) groups excluding carboxylic acids is 2. The first-order valence-electron chi connectivity index (χ1n) is 15.6. The Morgan fingerprint density at radius 2 is 1.47 bits per heavy atom. The molecular formula is C35H50N2O6. The minimum atomic E-state index is -0.848. The van der Waals surface area contributed by atoms with Crippen LogP contribution in [0.1, 0.15) is 69.4 Å². The number of esters is 2. The van der Waals surface area contributed by atoms with Crippen LogP contribution in [-0.2, 0) is 25.5 Å². The molecule has 5 unspecified atom stereocenters. The number of hydrogen-bond acceptors (Lipinski definition) is 8. The Kier molecular flexibility index (Phi) is 10.4. The summed E-state index contributed by atoms with van der Waals surface area (Å²) < 4.78 is 24.2. The maximum absolute atomic E-state index is 13.5. The Morgan fingerprint density at radius 3 is 2.14 bits per heavy atom. The average molecular weight is 595 g/mol. The van der Waals surface area contributed by atoms with Gasteiger partial charge in [0.05, 0.1) is 31.0 Å². The molecule has 0 amide bonds. The topological polar surface area (TPSA) is 77.5 Å². The van der Waals surface area contributed by atoms with Crippen molar-refractivity contribution >= 4 is 11.9 Å². The number of hydrogen-bond donors (Lipinski definition) is 0. The van der Waals surface area contributed by atoms with Crippen LogP contribution in [-0.4, -0.2) is 83.9 Å². The first kappa shape index (κ1) is 33.1. The highest BCUT2D eigenvalue weighted by Gasteiger charge is 2.41. The zero-order chi connectivity index (χ0) is 31.6. The molecule has 0 saturated carbocycles. The SMILES string of the molecule is Cc1cccc(C)c1OC(=O)C(C)(C)N1CC(C)OC(Cc2ccc(C)c(OC(=O)CN3CC(C)OC(C)C3C)c2C)C1. The fraction of sp³-hybridized carbons (Fsp3) is 0.600. The Hall–Kier alpha value is -2.78. The molecule has 0 spiro atoms. The molecule has 0 N–H and O–H groups in total. The highest BCUT2D eigenvalue weighted by Crippen LogP contribution is 2.31. The minimum absolute atomic E-state index is 0.0548. The monoisotopic (exact) mass is 594 g/mol. The maximum Gasteiger partial charge on any atom is 0.331 e. The van der Waals surface area contributed by atoms with E-state index in [1.54, 1.807) is 0 Å². The lowest BCUT2D eigenvalue weighted by Crippen LogP contribution is -2.60. The molecule has 5 atom stereocenters. The molecule has 0 aliphatic carbocycles. The number of rotatable bonds is 8. The summed E-state index contributed by atoms with van der Waals surface area (Å²) in [5, 5.41) is 0. The van der Waals surface area contributed by atoms with Crippen LogP contribution in [0.15, 0.2) is 30.3 Å². The minimum Gasteiger partial charge on any atom is -0.425 e. The van der Waals surface area contributed by atoms with Crippen LogP contribution in [0.25, 0.3) is 0 Å². The fourth-order valence-corrected chi connectivity index (χ4v) is 6.25. The third-order valence-corrected chi connectivity index (χ3v) is 9.12. The van der Waals surface area contributed by atoms with E-state index >= 15 is 0 Å². The predicted octanol–water partition coefficient (Wildman–Crippen LogP) is 5.34. The van der Waals surface area contributed by atoms with Crippen molar-refractivity contribution in [1.29, 1.82) is 0 Å². The molecule has 0 aromatic heterocycles. The van der Waals surface area contributed by atoms with E-state index in [9.17, 15) is 9.59 Å². The molecule has 4 rings (SSSR count). The molecule has 8 heteroatoms. The van der Waals surface area contributed by atoms with E-state index in [2.05, 4.69) is 22.8 Å². The van der Waals surface area contributed by atoms with Crippen molar-refractivity contribution in [2.45, 2.75) is 112 Å². The number of ether oxygens (including phenoxy) is 4. The molecule has 2 aromatic rings. The molecule has 2 fully saturated rings. The lowest BCUT2D eigenvalue weighted by molar-refractivity contribution is -0.156. The van der Waals surface area contributed by atoms with Gasteiger partial charge in [0.15, 0.2) is 0 Å². The van der Waals surface area contributed by atoms with Gasteiger partial charge in [0.25, 0.3) is 0 Å². The van der Waals surface area contributed by atoms with Gasteiger partial charge in [0.1, 0.15) is 17.0 Å². The highest BCUT2D eigenvalue weighted by molar-refractivity contribution is 5.82. The number of morpholine rings is 2. The normalized spacial score (nSPS) is 25.4. The molecule has 43 heavy (non-hydrogen) atoms. The summed E-state index contributed by atoms with van der Waals surface area (Å²) >= 11 is 0. The van der Waals surface area contributed by atoms with Crippen LogP contribution in [0.2, 0.25) is 0 Å². The second-order valence-corrected chi connectivity index (χ2v) is 13.1. The van der Waals surface area contributed by atoms with Gasteiger partial charge in [-0.1, -0.05) is 30.3 Å². The van der Waals surface area contributed by atoms with Crippen LogP contribution in [0, 0.1) is 27.7 Å². The second kappa shape index (κ2) is 13.5. The van der Waals surface area contributed by atoms with Crippen LogP contribution in [0.4, 0.5) is 0 Å². The first-order valence-corrected chi connectivity index (χ1v) is 15.6. The molecule has 2 saturated heterocycles. The van der Waals surface area contributed by atoms with Gasteiger partial charge in [-0.2, -0.15) is 0 Å². The summed E-state index contributed by atoms with van der Waals surface area (Å²) in [7, 11) is 0. The van der Waals surface area contributed by atoms with Gasteiger partial charge in [0, 0.05) is 32.1 Å². The zero-order valence-electron chi connectivity index (χ0n) is 27.7. The van der Waals surface area contributed by atoms with Crippen LogP contribution in [0.3, 0.4) is 0 Å². The lowest BCUT2D eigenvalue weighted by Gasteiger charge is -2.44. The Labute approximate surface area is 257 Å². The maximum atomic E-state index is 13.5. The van der Waals surface area contributed by atoms with E-state index in [1.165, 1.54) is 0 Å². The van der Waals surface area contributed by atoms with Gasteiger partial charge in [-0.15, -0.1) is 0 Å². The molecule has 8 nitrogen and oxygen atoms in total. The van der Waals surface area contributed by atoms with Crippen molar-refractivity contribution in [3.63, 3.8) is 0 Å². The van der Waals surface area contributed by atoms with Crippen molar-refractivity contribution < 1.29 is 28.5 Å². The van der Waals surface area contributed by atoms with E-state index in [1.807, 2.05) is 86.6 Å². The largest absolute Gasteiger partial charge is 0.425 e. The highest BCUT2D eigenvalue weighted by atomic mass is 16.5. The van der Waals surface area contributed by atoms with Crippen LogP contribution >= 0.6 is 0 Å².